The summed E-state index contributed by atoms with van der Waals surface area (Å²) in [4.78, 5) is 4.27. The van der Waals surface area contributed by atoms with Crippen molar-refractivity contribution in [2.75, 3.05) is 13.7 Å². The molecular weight excluding hydrogens is 352 g/mol. The summed E-state index contributed by atoms with van der Waals surface area (Å²) in [5, 5.41) is 4.01. The Morgan fingerprint density at radius 3 is 2.86 bits per heavy atom. The van der Waals surface area contributed by atoms with Crippen molar-refractivity contribution >= 4 is 27.5 Å². The predicted octanol–water partition coefficient (Wildman–Crippen LogP) is 4.60. The van der Waals surface area contributed by atoms with Gasteiger partial charge in [0.1, 0.15) is 5.75 Å². The molecule has 0 aliphatic heterocycles. The molecule has 1 atom stereocenters. The van der Waals surface area contributed by atoms with E-state index in [9.17, 15) is 0 Å². The fourth-order valence-electron chi connectivity index (χ4n) is 2.13. The number of hydrogen-bond donors (Lipinski definition) is 1. The van der Waals surface area contributed by atoms with E-state index >= 15 is 0 Å². The molecule has 1 aromatic heterocycles. The quantitative estimate of drug-likeness (QED) is 0.808. The molecule has 0 spiro atoms. The van der Waals surface area contributed by atoms with Gasteiger partial charge in [0.05, 0.1) is 18.8 Å². The molecule has 1 N–H and O–H groups in total. The van der Waals surface area contributed by atoms with E-state index in [1.807, 2.05) is 37.5 Å². The van der Waals surface area contributed by atoms with Crippen molar-refractivity contribution in [1.29, 1.82) is 0 Å². The van der Waals surface area contributed by atoms with Crippen LogP contribution in [0, 0.1) is 0 Å². The topological polar surface area (TPSA) is 34.1 Å². The summed E-state index contributed by atoms with van der Waals surface area (Å²) in [5.74, 6) is 0.785. The lowest BCUT2D eigenvalue weighted by molar-refractivity contribution is 0.315. The van der Waals surface area contributed by atoms with Crippen LogP contribution in [0.3, 0.4) is 0 Å². The van der Waals surface area contributed by atoms with Crippen molar-refractivity contribution in [2.45, 2.75) is 19.4 Å². The zero-order valence-corrected chi connectivity index (χ0v) is 14.4. The second-order valence-electron chi connectivity index (χ2n) is 4.69. The molecule has 1 aromatic carbocycles. The van der Waals surface area contributed by atoms with Gasteiger partial charge in [-0.1, -0.05) is 34.5 Å². The van der Waals surface area contributed by atoms with Crippen LogP contribution in [0.1, 0.15) is 30.5 Å². The third-order valence-corrected chi connectivity index (χ3v) is 4.06. The molecule has 2 rings (SSSR count). The normalized spacial score (nSPS) is 12.2. The van der Waals surface area contributed by atoms with Gasteiger partial charge in [0.15, 0.2) is 0 Å². The van der Waals surface area contributed by atoms with Gasteiger partial charge in [-0.25, -0.2) is 0 Å². The molecule has 3 nitrogen and oxygen atoms in total. The van der Waals surface area contributed by atoms with Gasteiger partial charge < -0.3 is 10.1 Å². The SMILES string of the molecule is CCCOc1cncc(C(NC)c2cc(Cl)ccc2Br)c1. The Morgan fingerprint density at radius 2 is 2.14 bits per heavy atom. The molecule has 0 aliphatic rings. The highest BCUT2D eigenvalue weighted by atomic mass is 79.9. The number of nitrogens with zero attached hydrogens (tertiary/aromatic N) is 1. The molecule has 0 radical (unpaired) electrons. The Hall–Kier alpha value is -1.10. The van der Waals surface area contributed by atoms with Crippen LogP contribution >= 0.6 is 27.5 Å². The van der Waals surface area contributed by atoms with Gasteiger partial charge in [-0.05, 0) is 48.9 Å². The van der Waals surface area contributed by atoms with Crippen molar-refractivity contribution in [3.8, 4) is 5.75 Å². The summed E-state index contributed by atoms with van der Waals surface area (Å²) >= 11 is 9.70. The average Bonchev–Trinajstić information content (AvgIpc) is 2.50. The number of rotatable bonds is 6. The fourth-order valence-corrected chi connectivity index (χ4v) is 2.79. The number of halogens is 2. The van der Waals surface area contributed by atoms with Gasteiger partial charge in [-0.15, -0.1) is 0 Å². The first-order valence-corrected chi connectivity index (χ1v) is 8.02. The van der Waals surface area contributed by atoms with Gasteiger partial charge in [0, 0.05) is 15.7 Å². The molecule has 0 bridgehead atoms. The Labute approximate surface area is 138 Å². The molecule has 0 saturated carbocycles. The minimum Gasteiger partial charge on any atom is -0.492 e. The summed E-state index contributed by atoms with van der Waals surface area (Å²) in [6, 6.07) is 7.77. The standard InChI is InChI=1S/C16H18BrClN2O/c1-3-6-21-13-7-11(9-20-10-13)16(19-2)14-8-12(18)4-5-15(14)17/h4-5,7-10,16,19H,3,6H2,1-2H3. The maximum Gasteiger partial charge on any atom is 0.137 e. The number of pyridine rings is 1. The Balaban J connectivity index is 2.34. The van der Waals surface area contributed by atoms with Crippen LogP contribution in [0.15, 0.2) is 41.1 Å². The minimum atomic E-state index is -0.00393. The van der Waals surface area contributed by atoms with Crippen LogP contribution in [0.4, 0.5) is 0 Å². The van der Waals surface area contributed by atoms with Crippen LogP contribution in [0.2, 0.25) is 5.02 Å². The Morgan fingerprint density at radius 1 is 1.33 bits per heavy atom. The van der Waals surface area contributed by atoms with Crippen molar-refractivity contribution in [3.63, 3.8) is 0 Å². The highest BCUT2D eigenvalue weighted by molar-refractivity contribution is 9.10. The van der Waals surface area contributed by atoms with Gasteiger partial charge >= 0.3 is 0 Å². The summed E-state index contributed by atoms with van der Waals surface area (Å²) in [5.41, 5.74) is 2.11. The molecule has 1 heterocycles. The van der Waals surface area contributed by atoms with E-state index in [-0.39, 0.29) is 6.04 Å². The lowest BCUT2D eigenvalue weighted by atomic mass is 10.0. The second kappa shape index (κ2) is 7.78. The van der Waals surface area contributed by atoms with Crippen molar-refractivity contribution in [1.82, 2.24) is 10.3 Å². The summed E-state index contributed by atoms with van der Waals surface area (Å²) < 4.78 is 6.66. The van der Waals surface area contributed by atoms with Crippen molar-refractivity contribution in [2.24, 2.45) is 0 Å². The van der Waals surface area contributed by atoms with E-state index in [4.69, 9.17) is 16.3 Å². The first-order chi connectivity index (χ1) is 10.2. The number of benzene rings is 1. The third-order valence-electron chi connectivity index (χ3n) is 3.10. The van der Waals surface area contributed by atoms with E-state index in [1.165, 1.54) is 0 Å². The zero-order valence-electron chi connectivity index (χ0n) is 12.1. The number of aromatic nitrogens is 1. The first-order valence-electron chi connectivity index (χ1n) is 6.85. The van der Waals surface area contributed by atoms with Crippen LogP contribution in [0.5, 0.6) is 5.75 Å². The average molecular weight is 370 g/mol. The van der Waals surface area contributed by atoms with E-state index in [2.05, 4.69) is 33.2 Å². The van der Waals surface area contributed by atoms with Gasteiger partial charge in [0.25, 0.3) is 0 Å². The van der Waals surface area contributed by atoms with Crippen LogP contribution in [0.25, 0.3) is 0 Å². The monoisotopic (exact) mass is 368 g/mol. The molecule has 2 aromatic rings. The molecule has 112 valence electrons. The molecule has 0 fully saturated rings. The molecule has 0 aliphatic carbocycles. The molecule has 0 amide bonds. The van der Waals surface area contributed by atoms with Gasteiger partial charge in [-0.3, -0.25) is 4.98 Å². The maximum absolute atomic E-state index is 6.12. The van der Waals surface area contributed by atoms with Crippen molar-refractivity contribution < 1.29 is 4.74 Å². The summed E-state index contributed by atoms with van der Waals surface area (Å²) in [6.07, 6.45) is 4.55. The number of ether oxygens (including phenoxy) is 1. The maximum atomic E-state index is 6.12. The van der Waals surface area contributed by atoms with Crippen LogP contribution in [-0.2, 0) is 0 Å². The minimum absolute atomic E-state index is 0.00393. The lowest BCUT2D eigenvalue weighted by Crippen LogP contribution is -2.18. The molecule has 5 heteroatoms. The van der Waals surface area contributed by atoms with E-state index in [0.717, 1.165) is 27.8 Å². The first kappa shape index (κ1) is 16.3. The second-order valence-corrected chi connectivity index (χ2v) is 5.98. The zero-order chi connectivity index (χ0) is 15.2. The summed E-state index contributed by atoms with van der Waals surface area (Å²) in [7, 11) is 1.91. The molecule has 1 unspecified atom stereocenters. The molecule has 0 saturated heterocycles. The van der Waals surface area contributed by atoms with Gasteiger partial charge in [-0.2, -0.15) is 0 Å². The Kier molecular flexibility index (Phi) is 6.03. The van der Waals surface area contributed by atoms with Crippen LogP contribution < -0.4 is 10.1 Å². The largest absolute Gasteiger partial charge is 0.492 e. The van der Waals surface area contributed by atoms with E-state index in [0.29, 0.717) is 11.6 Å². The highest BCUT2D eigenvalue weighted by Gasteiger charge is 2.16. The fraction of sp³-hybridized carbons (Fsp3) is 0.312. The summed E-state index contributed by atoms with van der Waals surface area (Å²) in [6.45, 7) is 2.77. The smallest absolute Gasteiger partial charge is 0.137 e. The van der Waals surface area contributed by atoms with E-state index < -0.39 is 0 Å². The number of hydrogen-bond acceptors (Lipinski definition) is 3. The Bertz CT molecular complexity index is 607. The highest BCUT2D eigenvalue weighted by Crippen LogP contribution is 2.31. The van der Waals surface area contributed by atoms with E-state index in [1.54, 1.807) is 6.20 Å². The molecule has 21 heavy (non-hydrogen) atoms. The van der Waals surface area contributed by atoms with Crippen molar-refractivity contribution in [3.05, 3.63) is 57.3 Å². The lowest BCUT2D eigenvalue weighted by Gasteiger charge is -2.19. The van der Waals surface area contributed by atoms with Gasteiger partial charge in [0.2, 0.25) is 0 Å². The molecular formula is C16H18BrClN2O. The third kappa shape index (κ3) is 4.19. The van der Waals surface area contributed by atoms with Crippen LogP contribution in [-0.4, -0.2) is 18.6 Å². The number of nitrogens with one attached hydrogen (secondary N) is 1. The predicted molar refractivity (Wildman–Crippen MR) is 90.1 cm³/mol.